The predicted molar refractivity (Wildman–Crippen MR) is 56.3 cm³/mol. The van der Waals surface area contributed by atoms with Crippen molar-refractivity contribution in [2.45, 2.75) is 18.7 Å². The lowest BCUT2D eigenvalue weighted by atomic mass is 10.3. The zero-order valence-corrected chi connectivity index (χ0v) is 9.61. The minimum atomic E-state index is 0.0395. The largest absolute Gasteiger partial charge is 0.355 e. The average molecular weight is 250 g/mol. The van der Waals surface area contributed by atoms with E-state index in [1.165, 1.54) is 0 Å². The zero-order valence-electron chi connectivity index (χ0n) is 7.21. The molecule has 0 aromatic rings. The van der Waals surface area contributed by atoms with Gasteiger partial charge in [0.25, 0.3) is 0 Å². The van der Waals surface area contributed by atoms with Crippen molar-refractivity contribution in [2.24, 2.45) is 0 Å². The highest BCUT2D eigenvalue weighted by Gasteiger charge is 2.28. The van der Waals surface area contributed by atoms with E-state index in [-0.39, 0.29) is 10.7 Å². The van der Waals surface area contributed by atoms with Crippen molar-refractivity contribution in [3.8, 4) is 0 Å². The van der Waals surface area contributed by atoms with Crippen molar-refractivity contribution in [3.05, 3.63) is 11.6 Å². The standard InChI is InChI=1S/C8H12BrNOS/c1-8(2)10(3-4-12-8)6-7(11)5-9/h3-4H,5-6H2,1-2H3. The van der Waals surface area contributed by atoms with E-state index >= 15 is 0 Å². The van der Waals surface area contributed by atoms with Crippen LogP contribution in [0.2, 0.25) is 0 Å². The molecule has 1 aliphatic heterocycles. The van der Waals surface area contributed by atoms with E-state index in [1.54, 1.807) is 11.8 Å². The molecule has 68 valence electrons. The van der Waals surface area contributed by atoms with E-state index in [4.69, 9.17) is 0 Å². The molecule has 0 atom stereocenters. The van der Waals surface area contributed by atoms with Crippen molar-refractivity contribution in [1.82, 2.24) is 4.90 Å². The lowest BCUT2D eigenvalue weighted by Crippen LogP contribution is -2.37. The summed E-state index contributed by atoms with van der Waals surface area (Å²) in [5.41, 5.74) is 0. The number of alkyl halides is 1. The van der Waals surface area contributed by atoms with Crippen molar-refractivity contribution < 1.29 is 4.79 Å². The number of halogens is 1. The summed E-state index contributed by atoms with van der Waals surface area (Å²) in [4.78, 5) is 13.2. The Hall–Kier alpha value is 0.0400. The first-order valence-electron chi connectivity index (χ1n) is 3.75. The molecule has 0 aromatic heterocycles. The number of carbonyl (C=O) groups is 1. The third kappa shape index (κ3) is 2.26. The molecule has 12 heavy (non-hydrogen) atoms. The van der Waals surface area contributed by atoms with Gasteiger partial charge in [0.05, 0.1) is 16.7 Å². The molecule has 1 heterocycles. The maximum absolute atomic E-state index is 11.1. The van der Waals surface area contributed by atoms with Crippen molar-refractivity contribution in [1.29, 1.82) is 0 Å². The Kier molecular flexibility index (Phi) is 3.23. The molecule has 1 rings (SSSR count). The molecule has 0 saturated heterocycles. The van der Waals surface area contributed by atoms with Gasteiger partial charge in [0.2, 0.25) is 0 Å². The van der Waals surface area contributed by atoms with Crippen LogP contribution < -0.4 is 0 Å². The van der Waals surface area contributed by atoms with Crippen LogP contribution in [0, 0.1) is 0 Å². The second-order valence-electron chi connectivity index (χ2n) is 3.15. The Morgan fingerprint density at radius 1 is 1.67 bits per heavy atom. The first-order chi connectivity index (χ1) is 5.56. The van der Waals surface area contributed by atoms with Crippen LogP contribution in [0.1, 0.15) is 13.8 Å². The summed E-state index contributed by atoms with van der Waals surface area (Å²) in [5, 5.41) is 2.47. The topological polar surface area (TPSA) is 20.3 Å². The van der Waals surface area contributed by atoms with Gasteiger partial charge in [-0.05, 0) is 19.3 Å². The minimum Gasteiger partial charge on any atom is -0.355 e. The molecule has 0 aromatic carbocycles. The van der Waals surface area contributed by atoms with Crippen LogP contribution in [-0.4, -0.2) is 27.4 Å². The van der Waals surface area contributed by atoms with Crippen molar-refractivity contribution in [3.63, 3.8) is 0 Å². The third-order valence-electron chi connectivity index (χ3n) is 1.78. The van der Waals surface area contributed by atoms with Gasteiger partial charge < -0.3 is 4.90 Å². The van der Waals surface area contributed by atoms with Crippen LogP contribution in [0.25, 0.3) is 0 Å². The van der Waals surface area contributed by atoms with E-state index in [0.29, 0.717) is 11.9 Å². The van der Waals surface area contributed by atoms with Gasteiger partial charge in [-0.15, -0.1) is 11.8 Å². The molecule has 0 amide bonds. The number of hydrogen-bond acceptors (Lipinski definition) is 3. The van der Waals surface area contributed by atoms with Crippen LogP contribution in [0.15, 0.2) is 11.6 Å². The summed E-state index contributed by atoms with van der Waals surface area (Å²) in [5.74, 6) is 0.218. The summed E-state index contributed by atoms with van der Waals surface area (Å²) >= 11 is 4.89. The molecule has 0 saturated carbocycles. The van der Waals surface area contributed by atoms with E-state index < -0.39 is 0 Å². The van der Waals surface area contributed by atoms with Gasteiger partial charge in [-0.25, -0.2) is 0 Å². The molecular formula is C8H12BrNOS. The third-order valence-corrected chi connectivity index (χ3v) is 3.48. The number of nitrogens with zero attached hydrogens (tertiary/aromatic N) is 1. The maximum Gasteiger partial charge on any atom is 0.162 e. The van der Waals surface area contributed by atoms with Gasteiger partial charge in [0.1, 0.15) is 0 Å². The zero-order chi connectivity index (χ0) is 9.19. The molecule has 0 fully saturated rings. The van der Waals surface area contributed by atoms with Crippen molar-refractivity contribution in [2.75, 3.05) is 11.9 Å². The van der Waals surface area contributed by atoms with Crippen LogP contribution in [0.5, 0.6) is 0 Å². The first kappa shape index (κ1) is 10.1. The average Bonchev–Trinajstić information content (AvgIpc) is 2.31. The highest BCUT2D eigenvalue weighted by Crippen LogP contribution is 2.35. The Balaban J connectivity index is 2.52. The van der Waals surface area contributed by atoms with Crippen molar-refractivity contribution >= 4 is 33.5 Å². The lowest BCUT2D eigenvalue weighted by Gasteiger charge is -2.30. The molecule has 1 aliphatic rings. The van der Waals surface area contributed by atoms with Gasteiger partial charge in [-0.3, -0.25) is 4.79 Å². The molecule has 0 unspecified atom stereocenters. The Morgan fingerprint density at radius 2 is 2.33 bits per heavy atom. The van der Waals surface area contributed by atoms with E-state index in [9.17, 15) is 4.79 Å². The number of thioether (sulfide) groups is 1. The molecule has 0 radical (unpaired) electrons. The second kappa shape index (κ2) is 3.83. The number of carbonyl (C=O) groups excluding carboxylic acids is 1. The minimum absolute atomic E-state index is 0.0395. The summed E-state index contributed by atoms with van der Waals surface area (Å²) in [6, 6.07) is 0. The van der Waals surface area contributed by atoms with Gasteiger partial charge in [0, 0.05) is 6.20 Å². The van der Waals surface area contributed by atoms with Gasteiger partial charge >= 0.3 is 0 Å². The Labute approximate surface area is 85.5 Å². The molecule has 0 aliphatic carbocycles. The van der Waals surface area contributed by atoms with E-state index in [0.717, 1.165) is 0 Å². The van der Waals surface area contributed by atoms with Gasteiger partial charge in [-0.1, -0.05) is 15.9 Å². The Morgan fingerprint density at radius 3 is 2.75 bits per heavy atom. The highest BCUT2D eigenvalue weighted by molar-refractivity contribution is 9.09. The van der Waals surface area contributed by atoms with E-state index in [2.05, 4.69) is 34.7 Å². The summed E-state index contributed by atoms with van der Waals surface area (Å²) < 4.78 is 0. The fourth-order valence-corrected chi connectivity index (χ4v) is 1.97. The SMILES string of the molecule is CC1(C)SC=CN1CC(=O)CBr. The lowest BCUT2D eigenvalue weighted by molar-refractivity contribution is -0.117. The van der Waals surface area contributed by atoms with E-state index in [1.807, 2.05) is 11.6 Å². The monoisotopic (exact) mass is 249 g/mol. The quantitative estimate of drug-likeness (QED) is 0.716. The molecule has 0 N–H and O–H groups in total. The summed E-state index contributed by atoms with van der Waals surface area (Å²) in [6.45, 7) is 4.72. The van der Waals surface area contributed by atoms with Crippen LogP contribution in [0.4, 0.5) is 0 Å². The fraction of sp³-hybridized carbons (Fsp3) is 0.625. The predicted octanol–water partition coefficient (Wildman–Crippen LogP) is 2.21. The molecule has 2 nitrogen and oxygen atoms in total. The van der Waals surface area contributed by atoms with Gasteiger partial charge in [0.15, 0.2) is 5.78 Å². The molecular weight excluding hydrogens is 238 g/mol. The van der Waals surface area contributed by atoms with Crippen LogP contribution in [0.3, 0.4) is 0 Å². The first-order valence-corrected chi connectivity index (χ1v) is 5.75. The smallest absolute Gasteiger partial charge is 0.162 e. The number of ketones is 1. The van der Waals surface area contributed by atoms with Crippen LogP contribution in [-0.2, 0) is 4.79 Å². The fourth-order valence-electron chi connectivity index (χ4n) is 0.993. The molecule has 0 spiro atoms. The summed E-state index contributed by atoms with van der Waals surface area (Å²) in [7, 11) is 0. The highest BCUT2D eigenvalue weighted by atomic mass is 79.9. The second-order valence-corrected chi connectivity index (χ2v) is 5.22. The van der Waals surface area contributed by atoms with Gasteiger partial charge in [-0.2, -0.15) is 0 Å². The Bertz CT molecular complexity index is 215. The number of hydrogen-bond donors (Lipinski definition) is 0. The normalized spacial score (nSPS) is 20.1. The molecule has 4 heteroatoms. The summed E-state index contributed by atoms with van der Waals surface area (Å²) in [6.07, 6.45) is 1.98. The number of Topliss-reactive ketones (excluding diaryl/α,β-unsaturated/α-hetero) is 1. The number of rotatable bonds is 3. The van der Waals surface area contributed by atoms with Crippen LogP contribution >= 0.6 is 27.7 Å². The maximum atomic E-state index is 11.1. The molecule has 0 bridgehead atoms.